The largest absolute Gasteiger partial charge is 0.393 e. The first-order valence-corrected chi connectivity index (χ1v) is 10.9. The molecular formula is C26H26N2O3. The van der Waals surface area contributed by atoms with Gasteiger partial charge in [-0.05, 0) is 66.5 Å². The van der Waals surface area contributed by atoms with Crippen molar-refractivity contribution < 1.29 is 9.90 Å². The van der Waals surface area contributed by atoms with E-state index in [1.54, 1.807) is 10.8 Å². The van der Waals surface area contributed by atoms with Crippen LogP contribution in [-0.2, 0) is 0 Å². The second-order valence-corrected chi connectivity index (χ2v) is 8.63. The third-order valence-electron chi connectivity index (χ3n) is 6.72. The number of fused-ring (bicyclic) bond motifs is 3. The number of aliphatic hydroxyl groups excluding tert-OH is 1. The molecule has 1 aromatic heterocycles. The zero-order chi connectivity index (χ0) is 21.5. The number of aryl methyl sites for hydroxylation is 1. The number of benzene rings is 2. The number of amides is 1. The summed E-state index contributed by atoms with van der Waals surface area (Å²) in [5, 5.41) is 12.9. The molecule has 1 saturated carbocycles. The van der Waals surface area contributed by atoms with Gasteiger partial charge in [-0.25, -0.2) is 0 Å². The summed E-state index contributed by atoms with van der Waals surface area (Å²) in [5.74, 6) is -0.343. The number of carbonyl (C=O) groups excluding carboxylic acids is 1. The molecule has 2 N–H and O–H groups in total. The molecule has 158 valence electrons. The second kappa shape index (κ2) is 7.82. The van der Waals surface area contributed by atoms with Gasteiger partial charge in [0, 0.05) is 12.2 Å². The van der Waals surface area contributed by atoms with Crippen molar-refractivity contribution in [2.24, 2.45) is 0 Å². The van der Waals surface area contributed by atoms with Gasteiger partial charge in [0.2, 0.25) is 0 Å². The Bertz CT molecular complexity index is 1160. The number of hydrogen-bond acceptors (Lipinski definition) is 3. The SMILES string of the molecule is Cc1ccn(C2CCC(O)CC2)c(=O)c1C(=O)NC1c2ccccc2-c2ccccc21. The van der Waals surface area contributed by atoms with E-state index in [0.29, 0.717) is 18.4 Å². The fourth-order valence-corrected chi connectivity index (χ4v) is 5.06. The van der Waals surface area contributed by atoms with Gasteiger partial charge in [-0.2, -0.15) is 0 Å². The first-order chi connectivity index (χ1) is 15.0. The van der Waals surface area contributed by atoms with Crippen LogP contribution >= 0.6 is 0 Å². The molecule has 0 saturated heterocycles. The van der Waals surface area contributed by atoms with Crippen LogP contribution in [0.1, 0.15) is 64.8 Å². The summed E-state index contributed by atoms with van der Waals surface area (Å²) >= 11 is 0. The van der Waals surface area contributed by atoms with Crippen LogP contribution in [0.4, 0.5) is 0 Å². The Morgan fingerprint density at radius 2 is 1.52 bits per heavy atom. The first kappa shape index (κ1) is 19.8. The van der Waals surface area contributed by atoms with Crippen LogP contribution in [0, 0.1) is 6.92 Å². The molecule has 0 unspecified atom stereocenters. The van der Waals surface area contributed by atoms with Gasteiger partial charge >= 0.3 is 0 Å². The number of nitrogens with one attached hydrogen (secondary N) is 1. The maximum atomic E-state index is 13.4. The highest BCUT2D eigenvalue weighted by molar-refractivity contribution is 5.96. The third kappa shape index (κ3) is 3.39. The summed E-state index contributed by atoms with van der Waals surface area (Å²) in [7, 11) is 0. The standard InChI is InChI=1S/C26H26N2O3/c1-16-14-15-28(17-10-12-18(29)13-11-17)26(31)23(16)25(30)27-24-21-8-4-2-6-19(21)20-7-3-5-9-22(20)24/h2-9,14-15,17-18,24,29H,10-13H2,1H3,(H,27,30). The molecule has 3 aromatic rings. The maximum absolute atomic E-state index is 13.4. The lowest BCUT2D eigenvalue weighted by Crippen LogP contribution is -2.37. The van der Waals surface area contributed by atoms with E-state index in [2.05, 4.69) is 17.4 Å². The molecule has 2 aliphatic rings. The lowest BCUT2D eigenvalue weighted by molar-refractivity contribution is 0.0937. The minimum Gasteiger partial charge on any atom is -0.393 e. The third-order valence-corrected chi connectivity index (χ3v) is 6.72. The van der Waals surface area contributed by atoms with E-state index in [-0.39, 0.29) is 35.2 Å². The van der Waals surface area contributed by atoms with Crippen LogP contribution in [0.2, 0.25) is 0 Å². The van der Waals surface area contributed by atoms with E-state index >= 15 is 0 Å². The van der Waals surface area contributed by atoms with Crippen molar-refractivity contribution in [1.82, 2.24) is 9.88 Å². The quantitative estimate of drug-likeness (QED) is 0.677. The van der Waals surface area contributed by atoms with Gasteiger partial charge in [0.25, 0.3) is 11.5 Å². The molecule has 0 atom stereocenters. The minimum absolute atomic E-state index is 0.0241. The monoisotopic (exact) mass is 414 g/mol. The second-order valence-electron chi connectivity index (χ2n) is 8.63. The Morgan fingerprint density at radius 3 is 2.13 bits per heavy atom. The van der Waals surface area contributed by atoms with Crippen molar-refractivity contribution in [2.75, 3.05) is 0 Å². The lowest BCUT2D eigenvalue weighted by atomic mass is 9.92. The van der Waals surface area contributed by atoms with Crippen molar-refractivity contribution in [3.8, 4) is 11.1 Å². The first-order valence-electron chi connectivity index (χ1n) is 10.9. The van der Waals surface area contributed by atoms with Gasteiger partial charge < -0.3 is 15.0 Å². The number of pyridine rings is 1. The van der Waals surface area contributed by atoms with Gasteiger partial charge in [0.15, 0.2) is 0 Å². The Labute approximate surface area is 181 Å². The van der Waals surface area contributed by atoms with Crippen molar-refractivity contribution >= 4 is 5.91 Å². The molecule has 2 aliphatic carbocycles. The Hall–Kier alpha value is -3.18. The molecule has 0 bridgehead atoms. The fourth-order valence-electron chi connectivity index (χ4n) is 5.06. The fraction of sp³-hybridized carbons (Fsp3) is 0.308. The topological polar surface area (TPSA) is 71.3 Å². The van der Waals surface area contributed by atoms with Crippen molar-refractivity contribution in [2.45, 2.75) is 50.8 Å². The molecule has 2 aromatic carbocycles. The molecule has 5 heteroatoms. The highest BCUT2D eigenvalue weighted by atomic mass is 16.3. The van der Waals surface area contributed by atoms with E-state index in [0.717, 1.165) is 35.1 Å². The molecule has 1 fully saturated rings. The van der Waals surface area contributed by atoms with Crippen LogP contribution in [-0.4, -0.2) is 21.7 Å². The lowest BCUT2D eigenvalue weighted by Gasteiger charge is -2.27. The normalized spacial score (nSPS) is 20.2. The summed E-state index contributed by atoms with van der Waals surface area (Å²) in [4.78, 5) is 26.7. The number of carbonyl (C=O) groups is 1. The minimum atomic E-state index is -0.343. The van der Waals surface area contributed by atoms with Gasteiger partial charge in [-0.15, -0.1) is 0 Å². The van der Waals surface area contributed by atoms with Gasteiger partial charge in [0.05, 0.1) is 12.1 Å². The van der Waals surface area contributed by atoms with Crippen LogP contribution < -0.4 is 10.9 Å². The molecule has 31 heavy (non-hydrogen) atoms. The smallest absolute Gasteiger partial charge is 0.263 e. The van der Waals surface area contributed by atoms with Gasteiger partial charge in [0.1, 0.15) is 5.56 Å². The summed E-state index contributed by atoms with van der Waals surface area (Å²) in [6.45, 7) is 1.81. The summed E-state index contributed by atoms with van der Waals surface area (Å²) < 4.78 is 1.68. The molecule has 0 aliphatic heterocycles. The van der Waals surface area contributed by atoms with Crippen LogP contribution in [0.3, 0.4) is 0 Å². The summed E-state index contributed by atoms with van der Waals surface area (Å²) in [5.41, 5.74) is 4.96. The summed E-state index contributed by atoms with van der Waals surface area (Å²) in [6.07, 6.45) is 4.35. The number of hydrogen-bond donors (Lipinski definition) is 2. The number of aromatic nitrogens is 1. The average Bonchev–Trinajstić information content (AvgIpc) is 3.09. The molecule has 0 spiro atoms. The number of aliphatic hydroxyl groups is 1. The van der Waals surface area contributed by atoms with E-state index in [4.69, 9.17) is 0 Å². The molecule has 0 radical (unpaired) electrons. The molecule has 5 nitrogen and oxygen atoms in total. The molecule has 1 amide bonds. The Morgan fingerprint density at radius 1 is 0.935 bits per heavy atom. The van der Waals surface area contributed by atoms with Crippen LogP contribution in [0.25, 0.3) is 11.1 Å². The van der Waals surface area contributed by atoms with Crippen LogP contribution in [0.15, 0.2) is 65.6 Å². The van der Waals surface area contributed by atoms with Gasteiger partial charge in [-0.3, -0.25) is 9.59 Å². The maximum Gasteiger partial charge on any atom is 0.263 e. The summed E-state index contributed by atoms with van der Waals surface area (Å²) in [6, 6.07) is 17.7. The average molecular weight is 415 g/mol. The van der Waals surface area contributed by atoms with E-state index in [9.17, 15) is 14.7 Å². The van der Waals surface area contributed by atoms with E-state index in [1.165, 1.54) is 0 Å². The predicted molar refractivity (Wildman–Crippen MR) is 120 cm³/mol. The highest BCUT2D eigenvalue weighted by Gasteiger charge is 2.31. The van der Waals surface area contributed by atoms with E-state index in [1.807, 2.05) is 49.4 Å². The molecule has 1 heterocycles. The highest BCUT2D eigenvalue weighted by Crippen LogP contribution is 2.43. The molecular weight excluding hydrogens is 388 g/mol. The van der Waals surface area contributed by atoms with Gasteiger partial charge in [-0.1, -0.05) is 48.5 Å². The van der Waals surface area contributed by atoms with Crippen LogP contribution in [0.5, 0.6) is 0 Å². The molecule has 5 rings (SSSR count). The van der Waals surface area contributed by atoms with Crippen molar-refractivity contribution in [1.29, 1.82) is 0 Å². The number of nitrogens with zero attached hydrogens (tertiary/aromatic N) is 1. The number of rotatable bonds is 3. The van der Waals surface area contributed by atoms with E-state index < -0.39 is 0 Å². The predicted octanol–water partition coefficient (Wildman–Crippen LogP) is 4.13. The van der Waals surface area contributed by atoms with Crippen molar-refractivity contribution in [3.63, 3.8) is 0 Å². The zero-order valence-electron chi connectivity index (χ0n) is 17.5. The Kier molecular flexibility index (Phi) is 4.98. The Balaban J connectivity index is 1.49. The zero-order valence-corrected chi connectivity index (χ0v) is 17.5. The van der Waals surface area contributed by atoms with Crippen molar-refractivity contribution in [3.05, 3.63) is 93.4 Å².